The van der Waals surface area contributed by atoms with Crippen molar-refractivity contribution in [2.24, 2.45) is 0 Å². The fourth-order valence-electron chi connectivity index (χ4n) is 1.97. The van der Waals surface area contributed by atoms with E-state index in [0.717, 1.165) is 17.9 Å². The molecule has 0 aliphatic rings. The lowest BCUT2D eigenvalue weighted by Crippen LogP contribution is -2.31. The molecule has 0 bridgehead atoms. The zero-order valence-electron chi connectivity index (χ0n) is 11.6. The van der Waals surface area contributed by atoms with Crippen molar-refractivity contribution in [2.75, 3.05) is 11.9 Å². The van der Waals surface area contributed by atoms with Gasteiger partial charge in [0.05, 0.1) is 6.54 Å². The SMILES string of the molecule is CCNc1cc(Cn2cc(CC)c(=O)[nH]c2=O)ccn1. The Hall–Kier alpha value is -2.37. The van der Waals surface area contributed by atoms with Gasteiger partial charge in [0.25, 0.3) is 5.56 Å². The summed E-state index contributed by atoms with van der Waals surface area (Å²) in [6, 6.07) is 3.75. The van der Waals surface area contributed by atoms with Crippen LogP contribution in [0.25, 0.3) is 0 Å². The molecule has 106 valence electrons. The number of aromatic amines is 1. The van der Waals surface area contributed by atoms with Gasteiger partial charge in [-0.05, 0) is 31.0 Å². The van der Waals surface area contributed by atoms with Crippen molar-refractivity contribution < 1.29 is 0 Å². The molecule has 2 heterocycles. The van der Waals surface area contributed by atoms with Crippen molar-refractivity contribution >= 4 is 5.82 Å². The Morgan fingerprint density at radius 1 is 1.35 bits per heavy atom. The Labute approximate surface area is 116 Å². The van der Waals surface area contributed by atoms with Gasteiger partial charge in [0.15, 0.2) is 0 Å². The number of anilines is 1. The van der Waals surface area contributed by atoms with E-state index in [0.29, 0.717) is 18.5 Å². The van der Waals surface area contributed by atoms with Gasteiger partial charge in [0.1, 0.15) is 5.82 Å². The zero-order valence-corrected chi connectivity index (χ0v) is 11.6. The molecule has 2 rings (SSSR count). The van der Waals surface area contributed by atoms with E-state index in [1.807, 2.05) is 26.0 Å². The third-order valence-corrected chi connectivity index (χ3v) is 3.00. The molecule has 0 radical (unpaired) electrons. The molecule has 2 aromatic heterocycles. The van der Waals surface area contributed by atoms with Gasteiger partial charge in [-0.1, -0.05) is 6.92 Å². The van der Waals surface area contributed by atoms with Crippen LogP contribution in [0.5, 0.6) is 0 Å². The highest BCUT2D eigenvalue weighted by molar-refractivity contribution is 5.37. The fourth-order valence-corrected chi connectivity index (χ4v) is 1.97. The lowest BCUT2D eigenvalue weighted by atomic mass is 10.2. The van der Waals surface area contributed by atoms with Gasteiger partial charge in [-0.3, -0.25) is 14.3 Å². The van der Waals surface area contributed by atoms with Crippen molar-refractivity contribution in [3.63, 3.8) is 0 Å². The highest BCUT2D eigenvalue weighted by Crippen LogP contribution is 2.07. The van der Waals surface area contributed by atoms with Crippen molar-refractivity contribution in [1.82, 2.24) is 14.5 Å². The predicted molar refractivity (Wildman–Crippen MR) is 78.2 cm³/mol. The minimum absolute atomic E-state index is 0.309. The molecule has 0 amide bonds. The van der Waals surface area contributed by atoms with Crippen molar-refractivity contribution in [1.29, 1.82) is 0 Å². The summed E-state index contributed by atoms with van der Waals surface area (Å²) in [5, 5.41) is 3.12. The predicted octanol–water partition coefficient (Wildman–Crippen LogP) is 0.974. The molecule has 0 spiro atoms. The first-order valence-corrected chi connectivity index (χ1v) is 6.65. The summed E-state index contributed by atoms with van der Waals surface area (Å²) in [5.74, 6) is 0.776. The first kappa shape index (κ1) is 14.0. The number of aryl methyl sites for hydroxylation is 1. The second-order valence-corrected chi connectivity index (χ2v) is 4.47. The zero-order chi connectivity index (χ0) is 14.5. The molecule has 0 saturated heterocycles. The van der Waals surface area contributed by atoms with E-state index < -0.39 is 5.69 Å². The Bertz CT molecular complexity index is 703. The van der Waals surface area contributed by atoms with Crippen LogP contribution in [-0.4, -0.2) is 21.1 Å². The van der Waals surface area contributed by atoms with Gasteiger partial charge < -0.3 is 5.32 Å². The number of pyridine rings is 1. The summed E-state index contributed by atoms with van der Waals surface area (Å²) in [4.78, 5) is 29.8. The van der Waals surface area contributed by atoms with Crippen LogP contribution in [0.3, 0.4) is 0 Å². The summed E-state index contributed by atoms with van der Waals surface area (Å²) in [6.45, 7) is 5.07. The minimum atomic E-state index is -0.394. The van der Waals surface area contributed by atoms with E-state index in [1.54, 1.807) is 12.4 Å². The number of hydrogen-bond acceptors (Lipinski definition) is 4. The largest absolute Gasteiger partial charge is 0.370 e. The van der Waals surface area contributed by atoms with Crippen LogP contribution in [-0.2, 0) is 13.0 Å². The average Bonchev–Trinajstić information content (AvgIpc) is 2.43. The number of nitrogens with zero attached hydrogens (tertiary/aromatic N) is 2. The van der Waals surface area contributed by atoms with Gasteiger partial charge in [0.2, 0.25) is 0 Å². The molecule has 0 aromatic carbocycles. The molecule has 20 heavy (non-hydrogen) atoms. The maximum absolute atomic E-state index is 11.8. The summed E-state index contributed by atoms with van der Waals surface area (Å²) >= 11 is 0. The first-order valence-electron chi connectivity index (χ1n) is 6.65. The van der Waals surface area contributed by atoms with Gasteiger partial charge in [0, 0.05) is 24.5 Å². The van der Waals surface area contributed by atoms with Gasteiger partial charge in [-0.25, -0.2) is 9.78 Å². The standard InChI is InChI=1S/C14H18N4O2/c1-3-11-9-18(14(20)17-13(11)19)8-10-5-6-16-12(7-10)15-4-2/h5-7,9H,3-4,8H2,1-2H3,(H,15,16)(H,17,19,20). The van der Waals surface area contributed by atoms with Crippen molar-refractivity contribution in [3.05, 3.63) is 56.5 Å². The van der Waals surface area contributed by atoms with Gasteiger partial charge in [-0.15, -0.1) is 0 Å². The van der Waals surface area contributed by atoms with E-state index >= 15 is 0 Å². The van der Waals surface area contributed by atoms with Crippen molar-refractivity contribution in [2.45, 2.75) is 26.8 Å². The third kappa shape index (κ3) is 3.14. The van der Waals surface area contributed by atoms with Crippen LogP contribution >= 0.6 is 0 Å². The Balaban J connectivity index is 2.32. The smallest absolute Gasteiger partial charge is 0.328 e. The van der Waals surface area contributed by atoms with E-state index in [-0.39, 0.29) is 5.56 Å². The molecule has 0 fully saturated rings. The van der Waals surface area contributed by atoms with E-state index in [9.17, 15) is 9.59 Å². The summed E-state index contributed by atoms with van der Waals surface area (Å²) < 4.78 is 1.51. The normalized spacial score (nSPS) is 10.5. The lowest BCUT2D eigenvalue weighted by Gasteiger charge is -2.08. The van der Waals surface area contributed by atoms with Crippen molar-refractivity contribution in [3.8, 4) is 0 Å². The summed E-state index contributed by atoms with van der Waals surface area (Å²) in [5.41, 5.74) is 0.851. The van der Waals surface area contributed by atoms with Gasteiger partial charge in [-0.2, -0.15) is 0 Å². The molecule has 0 unspecified atom stereocenters. The molecule has 0 aliphatic heterocycles. The quantitative estimate of drug-likeness (QED) is 0.851. The Kier molecular flexibility index (Phi) is 4.34. The topological polar surface area (TPSA) is 79.8 Å². The first-order chi connectivity index (χ1) is 9.63. The fraction of sp³-hybridized carbons (Fsp3) is 0.357. The van der Waals surface area contributed by atoms with Crippen LogP contribution in [0, 0.1) is 0 Å². The van der Waals surface area contributed by atoms with Crippen LogP contribution in [0.15, 0.2) is 34.1 Å². The Morgan fingerprint density at radius 2 is 2.15 bits per heavy atom. The second kappa shape index (κ2) is 6.18. The van der Waals surface area contributed by atoms with Crippen LogP contribution in [0.2, 0.25) is 0 Å². The number of nitrogens with one attached hydrogen (secondary N) is 2. The van der Waals surface area contributed by atoms with E-state index in [1.165, 1.54) is 4.57 Å². The molecule has 6 nitrogen and oxygen atoms in total. The molecular formula is C14H18N4O2. The second-order valence-electron chi connectivity index (χ2n) is 4.47. The van der Waals surface area contributed by atoms with Crippen LogP contribution < -0.4 is 16.6 Å². The van der Waals surface area contributed by atoms with E-state index in [4.69, 9.17) is 0 Å². The highest BCUT2D eigenvalue weighted by atomic mass is 16.2. The molecule has 0 saturated carbocycles. The maximum atomic E-state index is 11.8. The highest BCUT2D eigenvalue weighted by Gasteiger charge is 2.04. The molecule has 2 N–H and O–H groups in total. The molecule has 6 heteroatoms. The van der Waals surface area contributed by atoms with Crippen LogP contribution in [0.1, 0.15) is 25.0 Å². The summed E-state index contributed by atoms with van der Waals surface area (Å²) in [7, 11) is 0. The monoisotopic (exact) mass is 274 g/mol. The lowest BCUT2D eigenvalue weighted by molar-refractivity contribution is 0.707. The minimum Gasteiger partial charge on any atom is -0.370 e. The number of H-pyrrole nitrogens is 1. The maximum Gasteiger partial charge on any atom is 0.328 e. The van der Waals surface area contributed by atoms with Crippen LogP contribution in [0.4, 0.5) is 5.82 Å². The Morgan fingerprint density at radius 3 is 2.85 bits per heavy atom. The average molecular weight is 274 g/mol. The molecule has 0 aliphatic carbocycles. The van der Waals surface area contributed by atoms with E-state index in [2.05, 4.69) is 15.3 Å². The molecule has 2 aromatic rings. The molecule has 0 atom stereocenters. The number of rotatable bonds is 5. The molecular weight excluding hydrogens is 256 g/mol. The van der Waals surface area contributed by atoms with Gasteiger partial charge >= 0.3 is 5.69 Å². The number of hydrogen-bond donors (Lipinski definition) is 2. The third-order valence-electron chi connectivity index (χ3n) is 3.00. The number of aromatic nitrogens is 3. The summed E-state index contributed by atoms with van der Waals surface area (Å²) in [6.07, 6.45) is 3.91.